The fourth-order valence-corrected chi connectivity index (χ4v) is 6.52. The summed E-state index contributed by atoms with van der Waals surface area (Å²) in [6.07, 6.45) is -0.221. The summed E-state index contributed by atoms with van der Waals surface area (Å²) in [7, 11) is 3.31. The first kappa shape index (κ1) is 38.8. The van der Waals surface area contributed by atoms with E-state index < -0.39 is 36.6 Å². The van der Waals surface area contributed by atoms with Crippen molar-refractivity contribution in [3.05, 3.63) is 180 Å². The predicted octanol–water partition coefficient (Wildman–Crippen LogP) is 8.86. The van der Waals surface area contributed by atoms with Crippen LogP contribution in [0, 0.1) is 0 Å². The van der Waals surface area contributed by atoms with Gasteiger partial charge in [-0.1, -0.05) is 121 Å². The van der Waals surface area contributed by atoms with E-state index in [4.69, 9.17) is 37.9 Å². The van der Waals surface area contributed by atoms with Crippen molar-refractivity contribution < 1.29 is 37.9 Å². The zero-order chi connectivity index (χ0) is 37.4. The van der Waals surface area contributed by atoms with E-state index in [0.717, 1.165) is 39.3 Å². The van der Waals surface area contributed by atoms with E-state index in [1.807, 2.05) is 153 Å². The van der Waals surface area contributed by atoms with E-state index >= 15 is 0 Å². The Morgan fingerprint density at radius 3 is 0.926 bits per heavy atom. The van der Waals surface area contributed by atoms with Crippen LogP contribution >= 0.6 is 0 Å². The molecule has 1 saturated carbocycles. The van der Waals surface area contributed by atoms with Gasteiger partial charge in [-0.05, 0) is 59.0 Å². The van der Waals surface area contributed by atoms with Crippen molar-refractivity contribution in [1.82, 2.24) is 0 Å². The first-order valence-corrected chi connectivity index (χ1v) is 18.4. The lowest BCUT2D eigenvalue weighted by molar-refractivity contribution is -0.283. The van der Waals surface area contributed by atoms with E-state index in [1.54, 1.807) is 20.5 Å². The second-order valence-corrected chi connectivity index (χ2v) is 13.1. The Kier molecular flexibility index (Phi) is 14.7. The number of benzene rings is 5. The Bertz CT molecular complexity index is 1800. The molecule has 0 N–H and O–H groups in total. The topological polar surface area (TPSA) is 73.8 Å². The summed E-state index contributed by atoms with van der Waals surface area (Å²) in [6.45, 7) is 3.50. The van der Waals surface area contributed by atoms with Crippen LogP contribution in [-0.2, 0) is 61.5 Å². The Balaban J connectivity index is 1.41. The van der Waals surface area contributed by atoms with E-state index in [-0.39, 0.29) is 0 Å². The summed E-state index contributed by atoms with van der Waals surface area (Å²) in [5.74, 6) is 1.54. The number of hydrogen-bond donors (Lipinski definition) is 0. The summed E-state index contributed by atoms with van der Waals surface area (Å²) >= 11 is 0. The Labute approximate surface area is 319 Å². The smallest absolute Gasteiger partial charge is 0.155 e. The molecular formula is C46H50O8. The quantitative estimate of drug-likeness (QED) is 0.0781. The monoisotopic (exact) mass is 730 g/mol. The van der Waals surface area contributed by atoms with Gasteiger partial charge < -0.3 is 37.9 Å². The van der Waals surface area contributed by atoms with Gasteiger partial charge in [-0.2, -0.15) is 0 Å². The summed E-state index contributed by atoms with van der Waals surface area (Å²) < 4.78 is 52.0. The van der Waals surface area contributed by atoms with Crippen molar-refractivity contribution in [1.29, 1.82) is 0 Å². The molecule has 0 aromatic heterocycles. The minimum Gasteiger partial charge on any atom is -0.497 e. The molecule has 6 rings (SSSR count). The average Bonchev–Trinajstić information content (AvgIpc) is 3.23. The predicted molar refractivity (Wildman–Crippen MR) is 208 cm³/mol. The van der Waals surface area contributed by atoms with Gasteiger partial charge in [0.25, 0.3) is 0 Å². The molecule has 5 aromatic carbocycles. The van der Waals surface area contributed by atoms with Gasteiger partial charge in [0.2, 0.25) is 0 Å². The molecule has 1 aliphatic rings. The second kappa shape index (κ2) is 20.5. The minimum atomic E-state index is -0.638. The number of rotatable bonds is 19. The fraction of sp³-hybridized carbons (Fsp3) is 0.304. The summed E-state index contributed by atoms with van der Waals surface area (Å²) in [4.78, 5) is 0. The van der Waals surface area contributed by atoms with Gasteiger partial charge in [0, 0.05) is 0 Å². The van der Waals surface area contributed by atoms with Gasteiger partial charge >= 0.3 is 0 Å². The number of ether oxygens (including phenoxy) is 8. The summed E-state index contributed by atoms with van der Waals surface area (Å²) in [5.41, 5.74) is 5.02. The summed E-state index contributed by atoms with van der Waals surface area (Å²) in [6, 6.07) is 46.0. The SMILES string of the molecule is C/C=C/O[C@@H]1[C@H](OCc2ccccc2)[C@H](OCc2ccccc2)[C@@H](OCc2ccc(OC)cc2)[C@H](OCc2ccc(OC)cc2)[C@H]1OCc1ccccc1. The van der Waals surface area contributed by atoms with Gasteiger partial charge in [0.05, 0.1) is 53.5 Å². The van der Waals surface area contributed by atoms with Gasteiger partial charge in [0.15, 0.2) is 6.10 Å². The van der Waals surface area contributed by atoms with Crippen LogP contribution in [0.5, 0.6) is 11.5 Å². The Hall–Kier alpha value is -4.96. The normalized spacial score (nSPS) is 21.2. The van der Waals surface area contributed by atoms with Crippen LogP contribution in [-0.4, -0.2) is 50.8 Å². The third-order valence-corrected chi connectivity index (χ3v) is 9.37. The average molecular weight is 731 g/mol. The Morgan fingerprint density at radius 2 is 0.648 bits per heavy atom. The van der Waals surface area contributed by atoms with E-state index in [2.05, 4.69) is 0 Å². The molecule has 0 amide bonds. The third-order valence-electron chi connectivity index (χ3n) is 9.37. The number of methoxy groups -OCH3 is 2. The molecule has 54 heavy (non-hydrogen) atoms. The lowest BCUT2D eigenvalue weighted by Gasteiger charge is -2.49. The van der Waals surface area contributed by atoms with Crippen LogP contribution in [0.1, 0.15) is 34.7 Å². The molecule has 5 aromatic rings. The molecule has 8 heteroatoms. The maximum absolute atomic E-state index is 6.95. The fourth-order valence-electron chi connectivity index (χ4n) is 6.52. The zero-order valence-corrected chi connectivity index (χ0v) is 31.2. The van der Waals surface area contributed by atoms with E-state index in [0.29, 0.717) is 33.0 Å². The van der Waals surface area contributed by atoms with Gasteiger partial charge in [-0.25, -0.2) is 0 Å². The standard InChI is InChI=1S/C46H50O8/c1-4-28-49-41-42(50-29-34-14-8-5-9-15-34)44(52-31-36-18-12-7-13-19-36)46(54-33-38-22-26-40(48-3)27-23-38)45(43(41)51-30-35-16-10-6-11-17-35)53-32-37-20-24-39(47-2)25-21-37/h4-28,41-46H,29-33H2,1-3H3/b28-4+/t41-,42+,43+,44+,45-,46-/m1/s1. The maximum Gasteiger partial charge on any atom is 0.155 e. The molecule has 0 heterocycles. The molecular weight excluding hydrogens is 680 g/mol. The van der Waals surface area contributed by atoms with Crippen LogP contribution in [0.25, 0.3) is 0 Å². The van der Waals surface area contributed by atoms with Crippen LogP contribution in [0.3, 0.4) is 0 Å². The largest absolute Gasteiger partial charge is 0.497 e. The van der Waals surface area contributed by atoms with Crippen molar-refractivity contribution >= 4 is 0 Å². The van der Waals surface area contributed by atoms with Crippen LogP contribution in [0.2, 0.25) is 0 Å². The molecule has 0 aliphatic heterocycles. The van der Waals surface area contributed by atoms with Crippen molar-refractivity contribution in [3.63, 3.8) is 0 Å². The molecule has 0 radical (unpaired) electrons. The highest BCUT2D eigenvalue weighted by atomic mass is 16.6. The molecule has 0 spiro atoms. The molecule has 282 valence electrons. The highest BCUT2D eigenvalue weighted by Gasteiger charge is 2.55. The molecule has 8 nitrogen and oxygen atoms in total. The highest BCUT2D eigenvalue weighted by Crippen LogP contribution is 2.36. The van der Waals surface area contributed by atoms with Crippen molar-refractivity contribution in [3.8, 4) is 11.5 Å². The zero-order valence-electron chi connectivity index (χ0n) is 31.2. The summed E-state index contributed by atoms with van der Waals surface area (Å²) in [5, 5.41) is 0. The second-order valence-electron chi connectivity index (χ2n) is 13.1. The van der Waals surface area contributed by atoms with E-state index in [1.165, 1.54) is 0 Å². The van der Waals surface area contributed by atoms with Gasteiger partial charge in [0.1, 0.15) is 42.0 Å². The molecule has 0 bridgehead atoms. The van der Waals surface area contributed by atoms with Crippen LogP contribution < -0.4 is 9.47 Å². The number of allylic oxidation sites excluding steroid dienone is 1. The van der Waals surface area contributed by atoms with Crippen molar-refractivity contribution in [2.45, 2.75) is 76.6 Å². The third kappa shape index (κ3) is 10.8. The van der Waals surface area contributed by atoms with Crippen molar-refractivity contribution in [2.75, 3.05) is 14.2 Å². The highest BCUT2D eigenvalue weighted by molar-refractivity contribution is 5.28. The van der Waals surface area contributed by atoms with Crippen LogP contribution in [0.15, 0.2) is 152 Å². The molecule has 0 saturated heterocycles. The lowest BCUT2D eigenvalue weighted by Crippen LogP contribution is -2.67. The van der Waals surface area contributed by atoms with Crippen molar-refractivity contribution in [2.24, 2.45) is 0 Å². The Morgan fingerprint density at radius 1 is 0.370 bits per heavy atom. The molecule has 0 unspecified atom stereocenters. The van der Waals surface area contributed by atoms with Crippen LogP contribution in [0.4, 0.5) is 0 Å². The van der Waals surface area contributed by atoms with Gasteiger partial charge in [-0.15, -0.1) is 0 Å². The van der Waals surface area contributed by atoms with E-state index in [9.17, 15) is 0 Å². The molecule has 1 fully saturated rings. The van der Waals surface area contributed by atoms with Gasteiger partial charge in [-0.3, -0.25) is 0 Å². The molecule has 6 atom stereocenters. The lowest BCUT2D eigenvalue weighted by atomic mass is 9.83. The molecule has 1 aliphatic carbocycles. The minimum absolute atomic E-state index is 0.291. The first-order chi connectivity index (χ1) is 26.6. The first-order valence-electron chi connectivity index (χ1n) is 18.4. The number of hydrogen-bond acceptors (Lipinski definition) is 8. The maximum atomic E-state index is 6.95.